The second kappa shape index (κ2) is 6.68. The van der Waals surface area contributed by atoms with Crippen molar-refractivity contribution in [2.24, 2.45) is 0 Å². The van der Waals surface area contributed by atoms with Gasteiger partial charge >= 0.3 is 0 Å². The van der Waals surface area contributed by atoms with Gasteiger partial charge in [-0.25, -0.2) is 0 Å². The van der Waals surface area contributed by atoms with Gasteiger partial charge in [-0.05, 0) is 30.3 Å². The van der Waals surface area contributed by atoms with Gasteiger partial charge in [-0.1, -0.05) is 46.4 Å². The quantitative estimate of drug-likeness (QED) is 0.675. The summed E-state index contributed by atoms with van der Waals surface area (Å²) in [5, 5.41) is 1.55. The first-order chi connectivity index (χ1) is 9.47. The van der Waals surface area contributed by atoms with Crippen LogP contribution >= 0.6 is 46.4 Å². The minimum Gasteiger partial charge on any atom is -0.485 e. The Labute approximate surface area is 136 Å². The Kier molecular flexibility index (Phi) is 5.17. The highest BCUT2D eigenvalue weighted by molar-refractivity contribution is 6.42. The van der Waals surface area contributed by atoms with E-state index in [9.17, 15) is 4.79 Å². The molecule has 0 atom stereocenters. The van der Waals surface area contributed by atoms with Gasteiger partial charge in [-0.2, -0.15) is 0 Å². The van der Waals surface area contributed by atoms with E-state index in [-0.39, 0.29) is 12.4 Å². The van der Waals surface area contributed by atoms with Gasteiger partial charge in [0.05, 0.1) is 15.1 Å². The number of hydrogen-bond acceptors (Lipinski definition) is 2. The largest absolute Gasteiger partial charge is 0.485 e. The highest BCUT2D eigenvalue weighted by Gasteiger charge is 2.12. The molecule has 2 nitrogen and oxygen atoms in total. The van der Waals surface area contributed by atoms with Crippen LogP contribution in [0.15, 0.2) is 36.4 Å². The van der Waals surface area contributed by atoms with Crippen LogP contribution in [-0.2, 0) is 0 Å². The summed E-state index contributed by atoms with van der Waals surface area (Å²) in [6.45, 7) is -0.169. The van der Waals surface area contributed by atoms with Crippen molar-refractivity contribution in [2.45, 2.75) is 0 Å². The van der Waals surface area contributed by atoms with E-state index in [2.05, 4.69) is 0 Å². The molecule has 2 aromatic rings. The van der Waals surface area contributed by atoms with Crippen LogP contribution in [-0.4, -0.2) is 12.4 Å². The maximum absolute atomic E-state index is 12.0. The van der Waals surface area contributed by atoms with E-state index in [4.69, 9.17) is 51.1 Å². The van der Waals surface area contributed by atoms with Gasteiger partial charge in [0, 0.05) is 16.7 Å². The molecule has 104 valence electrons. The molecule has 0 aliphatic heterocycles. The Morgan fingerprint density at radius 3 is 2.30 bits per heavy atom. The number of ketones is 1. The fraction of sp³-hybridized carbons (Fsp3) is 0.0714. The lowest BCUT2D eigenvalue weighted by molar-refractivity contribution is 0.0921. The Morgan fingerprint density at radius 1 is 0.900 bits per heavy atom. The zero-order valence-corrected chi connectivity index (χ0v) is 13.0. The molecule has 0 aliphatic rings. The molecule has 0 aliphatic carbocycles. The number of carbonyl (C=O) groups excluding carboxylic acids is 1. The molecule has 0 fully saturated rings. The van der Waals surface area contributed by atoms with Crippen molar-refractivity contribution in [2.75, 3.05) is 6.61 Å². The van der Waals surface area contributed by atoms with E-state index in [1.807, 2.05) is 0 Å². The Balaban J connectivity index is 2.08. The first-order valence-corrected chi connectivity index (χ1v) is 7.04. The number of benzene rings is 2. The number of hydrogen-bond donors (Lipinski definition) is 0. The average Bonchev–Trinajstić information content (AvgIpc) is 2.42. The minimum absolute atomic E-state index is 0.169. The molecular weight excluding hydrogens is 342 g/mol. The summed E-state index contributed by atoms with van der Waals surface area (Å²) >= 11 is 23.4. The third kappa shape index (κ3) is 3.80. The van der Waals surface area contributed by atoms with E-state index in [0.717, 1.165) is 0 Å². The molecule has 6 heteroatoms. The summed E-state index contributed by atoms with van der Waals surface area (Å²) in [5.74, 6) is 0.175. The molecule has 0 amide bonds. The second-order valence-corrected chi connectivity index (χ2v) is 5.57. The number of halogens is 4. The first kappa shape index (κ1) is 15.5. The second-order valence-electron chi connectivity index (χ2n) is 3.91. The summed E-state index contributed by atoms with van der Waals surface area (Å²) in [6, 6.07) is 9.44. The summed E-state index contributed by atoms with van der Waals surface area (Å²) in [6.07, 6.45) is 0. The van der Waals surface area contributed by atoms with Crippen LogP contribution in [0.25, 0.3) is 0 Å². The van der Waals surface area contributed by atoms with E-state index < -0.39 is 0 Å². The maximum Gasteiger partial charge on any atom is 0.201 e. The molecule has 0 radical (unpaired) electrons. The van der Waals surface area contributed by atoms with E-state index >= 15 is 0 Å². The van der Waals surface area contributed by atoms with Crippen molar-refractivity contribution >= 4 is 52.2 Å². The normalized spacial score (nSPS) is 10.4. The molecule has 0 N–H and O–H groups in total. The van der Waals surface area contributed by atoms with E-state index in [1.165, 1.54) is 12.1 Å². The molecule has 0 saturated heterocycles. The van der Waals surface area contributed by atoms with Crippen LogP contribution in [0.2, 0.25) is 20.1 Å². The molecule has 0 spiro atoms. The smallest absolute Gasteiger partial charge is 0.201 e. The lowest BCUT2D eigenvalue weighted by atomic mass is 10.1. The van der Waals surface area contributed by atoms with Crippen LogP contribution in [0.4, 0.5) is 0 Å². The highest BCUT2D eigenvalue weighted by Crippen LogP contribution is 2.27. The van der Waals surface area contributed by atoms with Crippen molar-refractivity contribution < 1.29 is 9.53 Å². The lowest BCUT2D eigenvalue weighted by Crippen LogP contribution is -2.12. The minimum atomic E-state index is -0.274. The molecule has 2 rings (SSSR count). The summed E-state index contributed by atoms with van der Waals surface area (Å²) in [4.78, 5) is 12.0. The summed E-state index contributed by atoms with van der Waals surface area (Å²) in [5.41, 5.74) is 0.319. The first-order valence-electron chi connectivity index (χ1n) is 5.53. The van der Waals surface area contributed by atoms with Gasteiger partial charge in [0.2, 0.25) is 5.78 Å². The summed E-state index contributed by atoms with van der Waals surface area (Å²) in [7, 11) is 0. The number of Topliss-reactive ketones (excluding diaryl/α,β-unsaturated/α-hetero) is 1. The fourth-order valence-corrected chi connectivity index (χ4v) is 2.19. The predicted molar refractivity (Wildman–Crippen MR) is 82.7 cm³/mol. The van der Waals surface area contributed by atoms with Crippen molar-refractivity contribution in [3.8, 4) is 5.75 Å². The van der Waals surface area contributed by atoms with Crippen molar-refractivity contribution in [1.29, 1.82) is 0 Å². The molecule has 0 saturated carbocycles. The van der Waals surface area contributed by atoms with E-state index in [1.54, 1.807) is 24.3 Å². The number of carbonyl (C=O) groups is 1. The van der Waals surface area contributed by atoms with Gasteiger partial charge < -0.3 is 4.74 Å². The average molecular weight is 350 g/mol. The molecular formula is C14H8Cl4O2. The third-order valence-electron chi connectivity index (χ3n) is 2.49. The highest BCUT2D eigenvalue weighted by atomic mass is 35.5. The summed E-state index contributed by atoms with van der Waals surface area (Å²) < 4.78 is 5.36. The van der Waals surface area contributed by atoms with Crippen LogP contribution in [0.3, 0.4) is 0 Å². The van der Waals surface area contributed by atoms with Gasteiger partial charge in [0.15, 0.2) is 6.61 Å². The van der Waals surface area contributed by atoms with E-state index in [0.29, 0.717) is 31.4 Å². The number of rotatable bonds is 4. The Hall–Kier alpha value is -0.930. The van der Waals surface area contributed by atoms with Crippen LogP contribution < -0.4 is 4.74 Å². The number of ether oxygens (including phenoxy) is 1. The third-order valence-corrected chi connectivity index (χ3v) is 3.79. The van der Waals surface area contributed by atoms with Crippen molar-refractivity contribution in [1.82, 2.24) is 0 Å². The molecule has 0 aromatic heterocycles. The topological polar surface area (TPSA) is 26.3 Å². The van der Waals surface area contributed by atoms with Crippen LogP contribution in [0, 0.1) is 0 Å². The zero-order valence-electron chi connectivity index (χ0n) is 10.00. The SMILES string of the molecule is O=C(COc1ccc(Cl)c(Cl)c1)c1cc(Cl)ccc1Cl. The van der Waals surface area contributed by atoms with Gasteiger partial charge in [-0.3, -0.25) is 4.79 Å². The Bertz CT molecular complexity index is 656. The lowest BCUT2D eigenvalue weighted by Gasteiger charge is -2.08. The maximum atomic E-state index is 12.0. The molecule has 0 unspecified atom stereocenters. The van der Waals surface area contributed by atoms with Crippen LogP contribution in [0.1, 0.15) is 10.4 Å². The molecule has 0 bridgehead atoms. The molecule has 20 heavy (non-hydrogen) atoms. The zero-order chi connectivity index (χ0) is 14.7. The van der Waals surface area contributed by atoms with Gasteiger partial charge in [0.25, 0.3) is 0 Å². The van der Waals surface area contributed by atoms with Crippen molar-refractivity contribution in [3.63, 3.8) is 0 Å². The fourth-order valence-electron chi connectivity index (χ4n) is 1.50. The van der Waals surface area contributed by atoms with Gasteiger partial charge in [-0.15, -0.1) is 0 Å². The predicted octanol–water partition coefficient (Wildman–Crippen LogP) is 5.56. The Morgan fingerprint density at radius 2 is 1.60 bits per heavy atom. The standard InChI is InChI=1S/C14H8Cl4O2/c15-8-1-3-11(16)10(5-8)14(19)7-20-9-2-4-12(17)13(18)6-9/h1-6H,7H2. The van der Waals surface area contributed by atoms with Crippen LogP contribution in [0.5, 0.6) is 5.75 Å². The molecule has 2 aromatic carbocycles. The van der Waals surface area contributed by atoms with Gasteiger partial charge in [0.1, 0.15) is 5.75 Å². The van der Waals surface area contributed by atoms with Crippen molar-refractivity contribution in [3.05, 3.63) is 62.1 Å². The monoisotopic (exact) mass is 348 g/mol. The molecule has 0 heterocycles.